The van der Waals surface area contributed by atoms with Crippen LogP contribution in [0.3, 0.4) is 0 Å². The lowest BCUT2D eigenvalue weighted by atomic mass is 9.93. The third-order valence-corrected chi connectivity index (χ3v) is 7.85. The lowest BCUT2D eigenvalue weighted by Gasteiger charge is -2.31. The summed E-state index contributed by atoms with van der Waals surface area (Å²) in [5, 5.41) is 7.99. The molecule has 2 aliphatic rings. The minimum atomic E-state index is -3.31. The Morgan fingerprint density at radius 3 is 2.56 bits per heavy atom. The monoisotopic (exact) mass is 456 g/mol. The van der Waals surface area contributed by atoms with E-state index >= 15 is 0 Å². The van der Waals surface area contributed by atoms with Crippen LogP contribution in [0.1, 0.15) is 43.0 Å². The van der Waals surface area contributed by atoms with Crippen molar-refractivity contribution in [2.75, 3.05) is 17.8 Å². The molecule has 1 saturated carbocycles. The summed E-state index contributed by atoms with van der Waals surface area (Å²) in [6.45, 7) is 2.39. The van der Waals surface area contributed by atoms with E-state index < -0.39 is 10.0 Å². The predicted molar refractivity (Wildman–Crippen MR) is 118 cm³/mol. The van der Waals surface area contributed by atoms with Gasteiger partial charge in [-0.2, -0.15) is 0 Å². The fraction of sp³-hybridized carbons (Fsp3) is 0.409. The van der Waals surface area contributed by atoms with E-state index in [2.05, 4.69) is 24.9 Å². The van der Waals surface area contributed by atoms with Crippen LogP contribution >= 0.6 is 0 Å². The topological polar surface area (TPSA) is 93.0 Å². The quantitative estimate of drug-likeness (QED) is 0.587. The number of hydrogen-bond donors (Lipinski definition) is 1. The van der Waals surface area contributed by atoms with E-state index in [0.717, 1.165) is 50.2 Å². The van der Waals surface area contributed by atoms with Gasteiger partial charge in [-0.25, -0.2) is 22.5 Å². The predicted octanol–water partition coefficient (Wildman–Crippen LogP) is 3.09. The van der Waals surface area contributed by atoms with Crippen molar-refractivity contribution in [2.45, 2.75) is 43.4 Å². The highest BCUT2D eigenvalue weighted by Gasteiger charge is 2.36. The molecular weight excluding hydrogens is 431 g/mol. The van der Waals surface area contributed by atoms with Crippen molar-refractivity contribution in [3.8, 4) is 5.69 Å². The van der Waals surface area contributed by atoms with Gasteiger partial charge in [0.2, 0.25) is 10.0 Å². The van der Waals surface area contributed by atoms with Crippen molar-refractivity contribution < 1.29 is 12.8 Å². The van der Waals surface area contributed by atoms with Gasteiger partial charge in [-0.1, -0.05) is 23.4 Å². The first-order valence-corrected chi connectivity index (χ1v) is 12.4. The Morgan fingerprint density at radius 1 is 1.03 bits per heavy atom. The molecule has 2 aromatic heterocycles. The Kier molecular flexibility index (Phi) is 5.64. The molecule has 0 unspecified atom stereocenters. The van der Waals surface area contributed by atoms with E-state index in [1.165, 1.54) is 10.7 Å². The Morgan fingerprint density at radius 2 is 1.81 bits per heavy atom. The van der Waals surface area contributed by atoms with Gasteiger partial charge in [-0.3, -0.25) is 9.62 Å². The molecule has 0 bridgehead atoms. The van der Waals surface area contributed by atoms with Crippen LogP contribution in [0.15, 0.2) is 48.7 Å². The van der Waals surface area contributed by atoms with Crippen molar-refractivity contribution in [2.24, 2.45) is 0 Å². The molecule has 1 N–H and O–H groups in total. The number of anilines is 1. The maximum absolute atomic E-state index is 14.0. The molecule has 2 fully saturated rings. The molecule has 10 heteroatoms. The van der Waals surface area contributed by atoms with Gasteiger partial charge in [-0.15, -0.1) is 5.10 Å². The number of benzene rings is 1. The number of likely N-dealkylation sites (tertiary alicyclic amines) is 1. The molecule has 8 nitrogen and oxygen atoms in total. The van der Waals surface area contributed by atoms with Gasteiger partial charge in [0.15, 0.2) is 0 Å². The maximum Gasteiger partial charge on any atom is 0.236 e. The van der Waals surface area contributed by atoms with Gasteiger partial charge < -0.3 is 0 Å². The fourth-order valence-corrected chi connectivity index (χ4v) is 5.41. The summed E-state index contributed by atoms with van der Waals surface area (Å²) in [6.07, 6.45) is 5.06. The van der Waals surface area contributed by atoms with E-state index in [1.807, 2.05) is 12.1 Å². The van der Waals surface area contributed by atoms with Crippen LogP contribution < -0.4 is 4.72 Å². The number of hydrogen-bond acceptors (Lipinski definition) is 6. The molecule has 0 atom stereocenters. The van der Waals surface area contributed by atoms with Crippen molar-refractivity contribution in [3.05, 3.63) is 65.9 Å². The van der Waals surface area contributed by atoms with Crippen LogP contribution in [0.5, 0.6) is 0 Å². The fourth-order valence-electron chi connectivity index (χ4n) is 4.09. The van der Waals surface area contributed by atoms with E-state index in [9.17, 15) is 12.8 Å². The lowest BCUT2D eigenvalue weighted by Crippen LogP contribution is -2.32. The van der Waals surface area contributed by atoms with Gasteiger partial charge in [0.25, 0.3) is 0 Å². The first-order chi connectivity index (χ1) is 15.5. The summed E-state index contributed by atoms with van der Waals surface area (Å²) >= 11 is 0. The summed E-state index contributed by atoms with van der Waals surface area (Å²) in [4.78, 5) is 6.87. The Labute approximate surface area is 186 Å². The number of piperidine rings is 1. The first-order valence-electron chi connectivity index (χ1n) is 10.8. The molecule has 3 aromatic rings. The average molecular weight is 457 g/mol. The molecule has 3 heterocycles. The highest BCUT2D eigenvalue weighted by Crippen LogP contribution is 2.31. The van der Waals surface area contributed by atoms with Gasteiger partial charge in [-0.05, 0) is 63.0 Å². The van der Waals surface area contributed by atoms with Crippen LogP contribution in [-0.4, -0.2) is 51.6 Å². The third-order valence-electron chi connectivity index (χ3n) is 6.01. The van der Waals surface area contributed by atoms with Gasteiger partial charge in [0.05, 0.1) is 17.1 Å². The molecule has 1 aromatic carbocycles. The Hall–Kier alpha value is -2.85. The highest BCUT2D eigenvalue weighted by atomic mass is 32.2. The standard InChI is InChI=1S/C22H25FN6O2S/c23-19-4-1-2-6-21(19)29-15-17(25-27-29)14-28-12-10-16(11-13-28)20-5-3-7-22(24-20)26-32(30,31)18-8-9-18/h1-7,15-16,18H,8-14H2,(H,24,26). The average Bonchev–Trinajstić information content (AvgIpc) is 3.56. The van der Waals surface area contributed by atoms with Gasteiger partial charge in [0, 0.05) is 18.2 Å². The second-order valence-electron chi connectivity index (χ2n) is 8.45. The number of nitrogens with zero attached hydrogens (tertiary/aromatic N) is 5. The van der Waals surface area contributed by atoms with Crippen molar-refractivity contribution in [1.82, 2.24) is 24.9 Å². The number of nitrogens with one attached hydrogen (secondary N) is 1. The van der Waals surface area contributed by atoms with E-state index in [0.29, 0.717) is 18.1 Å². The number of pyridine rings is 1. The molecule has 1 aliphatic heterocycles. The summed E-state index contributed by atoms with van der Waals surface area (Å²) in [7, 11) is -3.31. The molecular formula is C22H25FN6O2S. The maximum atomic E-state index is 14.0. The van der Waals surface area contributed by atoms with Crippen LogP contribution in [-0.2, 0) is 16.6 Å². The molecule has 0 radical (unpaired) electrons. The molecule has 1 saturated heterocycles. The molecule has 0 amide bonds. The summed E-state index contributed by atoms with van der Waals surface area (Å²) in [5.74, 6) is 0.353. The van der Waals surface area contributed by atoms with Crippen LogP contribution in [0, 0.1) is 5.82 Å². The second kappa shape index (κ2) is 8.59. The van der Waals surface area contributed by atoms with Crippen molar-refractivity contribution in [1.29, 1.82) is 0 Å². The Balaban J connectivity index is 1.18. The SMILES string of the molecule is O=S(=O)(Nc1cccc(C2CCN(Cc3cn(-c4ccccc4F)nn3)CC2)n1)C1CC1. The number of rotatable bonds is 7. The zero-order valence-corrected chi connectivity index (χ0v) is 18.4. The summed E-state index contributed by atoms with van der Waals surface area (Å²) in [6, 6.07) is 12.0. The van der Waals surface area contributed by atoms with Crippen LogP contribution in [0.25, 0.3) is 5.69 Å². The Bertz CT molecular complexity index is 1200. The van der Waals surface area contributed by atoms with Crippen LogP contribution in [0.4, 0.5) is 10.2 Å². The van der Waals surface area contributed by atoms with Crippen molar-refractivity contribution in [3.63, 3.8) is 0 Å². The number of halogens is 1. The molecule has 5 rings (SSSR count). The zero-order chi connectivity index (χ0) is 22.1. The number of sulfonamides is 1. The van der Waals surface area contributed by atoms with E-state index in [1.54, 1.807) is 30.5 Å². The van der Waals surface area contributed by atoms with Gasteiger partial charge >= 0.3 is 0 Å². The minimum Gasteiger partial charge on any atom is -0.297 e. The first kappa shape index (κ1) is 21.0. The zero-order valence-electron chi connectivity index (χ0n) is 17.6. The second-order valence-corrected chi connectivity index (χ2v) is 10.4. The normalized spacial score (nSPS) is 18.0. The summed E-state index contributed by atoms with van der Waals surface area (Å²) < 4.78 is 42.4. The van der Waals surface area contributed by atoms with Crippen molar-refractivity contribution >= 4 is 15.8 Å². The summed E-state index contributed by atoms with van der Waals surface area (Å²) in [5.41, 5.74) is 2.10. The minimum absolute atomic E-state index is 0.271. The number of aromatic nitrogens is 4. The third kappa shape index (κ3) is 4.66. The molecule has 32 heavy (non-hydrogen) atoms. The largest absolute Gasteiger partial charge is 0.297 e. The number of para-hydroxylation sites is 1. The van der Waals surface area contributed by atoms with E-state index in [-0.39, 0.29) is 17.0 Å². The van der Waals surface area contributed by atoms with E-state index in [4.69, 9.17) is 0 Å². The molecule has 168 valence electrons. The molecule has 0 spiro atoms. The lowest BCUT2D eigenvalue weighted by molar-refractivity contribution is 0.201. The molecule has 1 aliphatic carbocycles. The smallest absolute Gasteiger partial charge is 0.236 e. The highest BCUT2D eigenvalue weighted by molar-refractivity contribution is 7.93. The van der Waals surface area contributed by atoms with Gasteiger partial charge in [0.1, 0.15) is 17.3 Å². The van der Waals surface area contributed by atoms with Crippen LogP contribution in [0.2, 0.25) is 0 Å².